The quantitative estimate of drug-likeness (QED) is 0.649. The Morgan fingerprint density at radius 1 is 1.11 bits per heavy atom. The average Bonchev–Trinajstić information content (AvgIpc) is 2.69. The maximum atomic E-state index is 12.6. The van der Waals surface area contributed by atoms with Gasteiger partial charge in [0.05, 0.1) is 13.2 Å². The second-order valence-corrected chi connectivity index (χ2v) is 6.32. The molecule has 1 saturated heterocycles. The molecule has 0 aromatic heterocycles. The van der Waals surface area contributed by atoms with Crippen LogP contribution in [0.15, 0.2) is 60.7 Å². The predicted octanol–water partition coefficient (Wildman–Crippen LogP) is 2.43. The molecule has 2 amide bonds. The standard InChI is InChI=1S/C20H17ClN2O4/c1-27-20(26)17-16(12-7-13-5-3-2-4-6-13)23(19(25)18(24)22-17)15-10-8-14(21)9-11-15/h2-12,16-17H,1H3,(H,22,24)/b12-7+/t16-,17+/m0/s1. The molecule has 2 aromatic carbocycles. The SMILES string of the molecule is COC(=O)[C@@H]1NC(=O)C(=O)N(c2ccc(Cl)cc2)[C@H]1/C=C/c1ccccc1. The molecule has 3 rings (SSSR count). The van der Waals surface area contributed by atoms with Gasteiger partial charge in [-0.25, -0.2) is 4.79 Å². The maximum absolute atomic E-state index is 12.6. The summed E-state index contributed by atoms with van der Waals surface area (Å²) in [7, 11) is 1.23. The van der Waals surface area contributed by atoms with Crippen molar-refractivity contribution in [1.82, 2.24) is 5.32 Å². The highest BCUT2D eigenvalue weighted by atomic mass is 35.5. The molecule has 0 spiro atoms. The first-order chi connectivity index (χ1) is 13.0. The Morgan fingerprint density at radius 2 is 1.78 bits per heavy atom. The van der Waals surface area contributed by atoms with Crippen LogP contribution in [0, 0.1) is 0 Å². The predicted molar refractivity (Wildman–Crippen MR) is 102 cm³/mol. The van der Waals surface area contributed by atoms with Crippen LogP contribution < -0.4 is 10.2 Å². The van der Waals surface area contributed by atoms with E-state index in [2.05, 4.69) is 5.32 Å². The van der Waals surface area contributed by atoms with E-state index in [0.29, 0.717) is 10.7 Å². The van der Waals surface area contributed by atoms with Gasteiger partial charge in [0.1, 0.15) is 0 Å². The zero-order valence-corrected chi connectivity index (χ0v) is 15.2. The monoisotopic (exact) mass is 384 g/mol. The molecule has 0 radical (unpaired) electrons. The van der Waals surface area contributed by atoms with Gasteiger partial charge in [-0.1, -0.05) is 54.1 Å². The third-order valence-electron chi connectivity index (χ3n) is 4.18. The molecular formula is C20H17ClN2O4. The van der Waals surface area contributed by atoms with Crippen molar-refractivity contribution in [2.45, 2.75) is 12.1 Å². The van der Waals surface area contributed by atoms with Gasteiger partial charge < -0.3 is 10.1 Å². The topological polar surface area (TPSA) is 75.7 Å². The number of anilines is 1. The highest BCUT2D eigenvalue weighted by molar-refractivity contribution is 6.42. The first-order valence-corrected chi connectivity index (χ1v) is 8.60. The van der Waals surface area contributed by atoms with Crippen molar-refractivity contribution in [1.29, 1.82) is 0 Å². The largest absolute Gasteiger partial charge is 0.467 e. The normalized spacial score (nSPS) is 19.9. The molecular weight excluding hydrogens is 368 g/mol. The minimum absolute atomic E-state index is 0.455. The molecule has 0 aliphatic carbocycles. The number of methoxy groups -OCH3 is 1. The Morgan fingerprint density at radius 3 is 2.41 bits per heavy atom. The fourth-order valence-corrected chi connectivity index (χ4v) is 3.00. The summed E-state index contributed by atoms with van der Waals surface area (Å²) >= 11 is 5.92. The van der Waals surface area contributed by atoms with E-state index in [9.17, 15) is 14.4 Å². The van der Waals surface area contributed by atoms with Gasteiger partial charge in [-0.3, -0.25) is 14.5 Å². The van der Waals surface area contributed by atoms with Gasteiger partial charge >= 0.3 is 17.8 Å². The van der Waals surface area contributed by atoms with E-state index < -0.39 is 29.9 Å². The molecule has 1 heterocycles. The molecule has 0 unspecified atom stereocenters. The summed E-state index contributed by atoms with van der Waals surface area (Å²) < 4.78 is 4.81. The van der Waals surface area contributed by atoms with E-state index in [0.717, 1.165) is 5.56 Å². The molecule has 7 heteroatoms. The van der Waals surface area contributed by atoms with Crippen molar-refractivity contribution in [3.8, 4) is 0 Å². The van der Waals surface area contributed by atoms with Crippen LogP contribution >= 0.6 is 11.6 Å². The van der Waals surface area contributed by atoms with Gasteiger partial charge in [-0.2, -0.15) is 0 Å². The first kappa shape index (κ1) is 18.7. The molecule has 27 heavy (non-hydrogen) atoms. The molecule has 1 fully saturated rings. The molecule has 0 saturated carbocycles. The molecule has 2 aromatic rings. The average molecular weight is 385 g/mol. The lowest BCUT2D eigenvalue weighted by atomic mass is 10.00. The van der Waals surface area contributed by atoms with Crippen molar-refractivity contribution >= 4 is 41.1 Å². The van der Waals surface area contributed by atoms with Crippen molar-refractivity contribution < 1.29 is 19.1 Å². The fraction of sp³-hybridized carbons (Fsp3) is 0.150. The van der Waals surface area contributed by atoms with Crippen molar-refractivity contribution in [3.63, 3.8) is 0 Å². The number of ether oxygens (including phenoxy) is 1. The number of nitrogens with zero attached hydrogens (tertiary/aromatic N) is 1. The Labute approximate surface area is 161 Å². The number of hydrogen-bond acceptors (Lipinski definition) is 4. The lowest BCUT2D eigenvalue weighted by molar-refractivity contribution is -0.149. The van der Waals surface area contributed by atoms with Crippen LogP contribution in [-0.2, 0) is 19.1 Å². The van der Waals surface area contributed by atoms with E-state index >= 15 is 0 Å². The number of nitrogens with one attached hydrogen (secondary N) is 1. The van der Waals surface area contributed by atoms with Crippen molar-refractivity contribution in [2.24, 2.45) is 0 Å². The van der Waals surface area contributed by atoms with E-state index in [1.54, 1.807) is 36.4 Å². The van der Waals surface area contributed by atoms with Gasteiger partial charge in [-0.05, 0) is 29.8 Å². The van der Waals surface area contributed by atoms with E-state index in [1.807, 2.05) is 30.3 Å². The summed E-state index contributed by atoms with van der Waals surface area (Å²) in [5.74, 6) is -2.28. The van der Waals surface area contributed by atoms with Crippen LogP contribution in [0.2, 0.25) is 5.02 Å². The Hall–Kier alpha value is -3.12. The van der Waals surface area contributed by atoms with Crippen molar-refractivity contribution in [3.05, 3.63) is 71.3 Å². The number of halogens is 1. The van der Waals surface area contributed by atoms with E-state index in [-0.39, 0.29) is 0 Å². The minimum Gasteiger partial charge on any atom is -0.467 e. The van der Waals surface area contributed by atoms with Gasteiger partial charge in [0.25, 0.3) is 0 Å². The van der Waals surface area contributed by atoms with Gasteiger partial charge in [0, 0.05) is 10.7 Å². The van der Waals surface area contributed by atoms with Crippen LogP contribution in [0.4, 0.5) is 5.69 Å². The zero-order valence-electron chi connectivity index (χ0n) is 14.5. The lowest BCUT2D eigenvalue weighted by Gasteiger charge is -2.38. The summed E-state index contributed by atoms with van der Waals surface area (Å²) in [6.45, 7) is 0. The number of benzene rings is 2. The summed E-state index contributed by atoms with van der Waals surface area (Å²) in [5, 5.41) is 2.93. The van der Waals surface area contributed by atoms with Crippen molar-refractivity contribution in [2.75, 3.05) is 12.0 Å². The number of amides is 2. The van der Waals surface area contributed by atoms with Crippen LogP contribution in [0.25, 0.3) is 6.08 Å². The van der Waals surface area contributed by atoms with Crippen LogP contribution in [0.1, 0.15) is 5.56 Å². The number of rotatable bonds is 4. The van der Waals surface area contributed by atoms with Crippen LogP contribution in [0.3, 0.4) is 0 Å². The molecule has 1 N–H and O–H groups in total. The molecule has 1 aliphatic rings. The Balaban J connectivity index is 2.04. The van der Waals surface area contributed by atoms with Gasteiger partial charge in [0.15, 0.2) is 6.04 Å². The van der Waals surface area contributed by atoms with E-state index in [1.165, 1.54) is 12.0 Å². The lowest BCUT2D eigenvalue weighted by Crippen LogP contribution is -2.65. The summed E-state index contributed by atoms with van der Waals surface area (Å²) in [6, 6.07) is 14.1. The third-order valence-corrected chi connectivity index (χ3v) is 4.44. The number of carbonyl (C=O) groups excluding carboxylic acids is 3. The summed E-state index contributed by atoms with van der Waals surface area (Å²) in [4.78, 5) is 38.2. The number of esters is 1. The Bertz CT molecular complexity index is 881. The third kappa shape index (κ3) is 4.01. The smallest absolute Gasteiger partial charge is 0.330 e. The van der Waals surface area contributed by atoms with Gasteiger partial charge in [-0.15, -0.1) is 0 Å². The number of piperazine rings is 1. The number of hydrogen-bond donors (Lipinski definition) is 1. The van der Waals surface area contributed by atoms with Crippen LogP contribution in [-0.4, -0.2) is 37.0 Å². The second-order valence-electron chi connectivity index (χ2n) is 5.89. The molecule has 2 atom stereocenters. The van der Waals surface area contributed by atoms with Crippen LogP contribution in [0.5, 0.6) is 0 Å². The summed E-state index contributed by atoms with van der Waals surface area (Å²) in [6.07, 6.45) is 3.48. The Kier molecular flexibility index (Phi) is 5.57. The van der Waals surface area contributed by atoms with E-state index in [4.69, 9.17) is 16.3 Å². The van der Waals surface area contributed by atoms with Gasteiger partial charge in [0.2, 0.25) is 0 Å². The summed E-state index contributed by atoms with van der Waals surface area (Å²) in [5.41, 5.74) is 1.34. The first-order valence-electron chi connectivity index (χ1n) is 8.22. The molecule has 6 nitrogen and oxygen atoms in total. The minimum atomic E-state index is -1.03. The zero-order chi connectivity index (χ0) is 19.4. The highest BCUT2D eigenvalue weighted by Crippen LogP contribution is 2.25. The molecule has 138 valence electrons. The fourth-order valence-electron chi connectivity index (χ4n) is 2.87. The maximum Gasteiger partial charge on any atom is 0.330 e. The second kappa shape index (κ2) is 8.05. The molecule has 1 aliphatic heterocycles. The highest BCUT2D eigenvalue weighted by Gasteiger charge is 2.44. The number of carbonyl (C=O) groups is 3. The molecule has 0 bridgehead atoms.